The van der Waals surface area contributed by atoms with Crippen molar-refractivity contribution in [2.24, 2.45) is 0 Å². The molecule has 0 radical (unpaired) electrons. The average Bonchev–Trinajstić information content (AvgIpc) is 2.84. The maximum absolute atomic E-state index is 13.6. The van der Waals surface area contributed by atoms with E-state index in [0.29, 0.717) is 27.7 Å². The van der Waals surface area contributed by atoms with Crippen LogP contribution in [0.2, 0.25) is 10.0 Å². The summed E-state index contributed by atoms with van der Waals surface area (Å²) < 4.78 is 26.6. The first kappa shape index (κ1) is 31.9. The molecule has 0 aliphatic heterocycles. The fourth-order valence-corrected chi connectivity index (χ4v) is 5.74. The Hall–Kier alpha value is -2.29. The molecule has 0 fully saturated rings. The van der Waals surface area contributed by atoms with Crippen LogP contribution in [0.3, 0.4) is 0 Å². The summed E-state index contributed by atoms with van der Waals surface area (Å²) in [7, 11) is -3.58. The lowest BCUT2D eigenvalue weighted by Gasteiger charge is -2.32. The highest BCUT2D eigenvalue weighted by molar-refractivity contribution is 7.92. The Morgan fingerprint density at radius 3 is 2.16 bits per heavy atom. The Bertz CT molecular complexity index is 1220. The monoisotopic (exact) mass is 583 g/mol. The Morgan fingerprint density at radius 2 is 1.61 bits per heavy atom. The molecule has 0 aliphatic carbocycles. The van der Waals surface area contributed by atoms with Crippen LogP contribution in [0.25, 0.3) is 0 Å². The number of halogens is 2. The van der Waals surface area contributed by atoms with Crippen LogP contribution < -0.4 is 9.62 Å². The van der Waals surface area contributed by atoms with Gasteiger partial charge in [0.1, 0.15) is 6.04 Å². The van der Waals surface area contributed by atoms with Gasteiger partial charge in [0.2, 0.25) is 21.8 Å². The lowest BCUT2D eigenvalue weighted by atomic mass is 10.1. The summed E-state index contributed by atoms with van der Waals surface area (Å²) in [6.45, 7) is 9.74. The summed E-state index contributed by atoms with van der Waals surface area (Å²) >= 11 is 12.8. The van der Waals surface area contributed by atoms with Crippen LogP contribution in [-0.2, 0) is 26.2 Å². The molecule has 0 unspecified atom stereocenters. The predicted molar refractivity (Wildman–Crippen MR) is 156 cm³/mol. The van der Waals surface area contributed by atoms with E-state index >= 15 is 0 Å². The molecule has 7 nitrogen and oxygen atoms in total. The van der Waals surface area contributed by atoms with Crippen LogP contribution in [0.15, 0.2) is 36.4 Å². The highest BCUT2D eigenvalue weighted by Crippen LogP contribution is 2.28. The van der Waals surface area contributed by atoms with Crippen molar-refractivity contribution in [2.45, 2.75) is 78.9 Å². The second kappa shape index (κ2) is 14.2. The van der Waals surface area contributed by atoms with E-state index < -0.39 is 16.1 Å². The largest absolute Gasteiger partial charge is 0.352 e. The summed E-state index contributed by atoms with van der Waals surface area (Å²) in [6, 6.07) is 9.85. The second-order valence-electron chi connectivity index (χ2n) is 9.62. The number of hydrogen-bond donors (Lipinski definition) is 1. The van der Waals surface area contributed by atoms with Gasteiger partial charge in [-0.2, -0.15) is 0 Å². The molecule has 2 aromatic carbocycles. The molecule has 0 aliphatic rings. The van der Waals surface area contributed by atoms with E-state index in [-0.39, 0.29) is 43.8 Å². The van der Waals surface area contributed by atoms with Gasteiger partial charge >= 0.3 is 0 Å². The maximum atomic E-state index is 13.6. The first-order valence-corrected chi connectivity index (χ1v) is 15.5. The number of anilines is 1. The minimum Gasteiger partial charge on any atom is -0.352 e. The Balaban J connectivity index is 2.32. The van der Waals surface area contributed by atoms with Gasteiger partial charge in [0.05, 0.1) is 11.9 Å². The highest BCUT2D eigenvalue weighted by atomic mass is 35.5. The van der Waals surface area contributed by atoms with E-state index in [1.807, 2.05) is 46.8 Å². The van der Waals surface area contributed by atoms with Crippen LogP contribution in [-0.4, -0.2) is 50.0 Å². The molecular weight excluding hydrogens is 545 g/mol. The number of aryl methyl sites for hydroxylation is 1. The maximum Gasteiger partial charge on any atom is 0.243 e. The van der Waals surface area contributed by atoms with Gasteiger partial charge in [-0.3, -0.25) is 13.9 Å². The molecule has 0 saturated heterocycles. The van der Waals surface area contributed by atoms with Crippen LogP contribution in [0.1, 0.15) is 63.1 Å². The predicted octanol–water partition coefficient (Wildman–Crippen LogP) is 5.88. The van der Waals surface area contributed by atoms with Crippen molar-refractivity contribution in [3.05, 3.63) is 63.1 Å². The van der Waals surface area contributed by atoms with Crippen molar-refractivity contribution in [3.63, 3.8) is 0 Å². The zero-order valence-corrected chi connectivity index (χ0v) is 25.4. The standard InChI is InChI=1S/C28H39Cl2N3O4S/c1-7-20(4)31-28(35)25(8-2)32(18-22-23(29)13-10-14-24(22)30)27(34)16-11-17-33(38(6,36)37)26-15-9-12-19(3)21(26)5/h9-10,12-15,20,25H,7-8,11,16-18H2,1-6H3,(H,31,35)/t20-,25+/m1/s1. The van der Waals surface area contributed by atoms with Crippen LogP contribution >= 0.6 is 23.2 Å². The number of rotatable bonds is 13. The van der Waals surface area contributed by atoms with Gasteiger partial charge in [-0.1, -0.05) is 55.2 Å². The third-order valence-corrected chi connectivity index (χ3v) is 8.66. The Kier molecular flexibility index (Phi) is 11.9. The Morgan fingerprint density at radius 1 is 1.00 bits per heavy atom. The van der Waals surface area contributed by atoms with Gasteiger partial charge < -0.3 is 10.2 Å². The molecule has 2 amide bonds. The molecule has 1 N–H and O–H groups in total. The number of sulfonamides is 1. The van der Waals surface area contributed by atoms with Gasteiger partial charge in [0.15, 0.2) is 0 Å². The molecule has 2 rings (SSSR count). The molecular formula is C28H39Cl2N3O4S. The first-order valence-electron chi connectivity index (χ1n) is 12.9. The molecule has 38 heavy (non-hydrogen) atoms. The fourth-order valence-electron chi connectivity index (χ4n) is 4.20. The summed E-state index contributed by atoms with van der Waals surface area (Å²) in [4.78, 5) is 28.3. The summed E-state index contributed by atoms with van der Waals surface area (Å²) in [5.41, 5.74) is 3.01. The summed E-state index contributed by atoms with van der Waals surface area (Å²) in [5.74, 6) is -0.520. The SMILES string of the molecule is CC[C@@H](C)NC(=O)[C@H](CC)N(Cc1c(Cl)cccc1Cl)C(=O)CCCN(c1cccc(C)c1C)S(C)(=O)=O. The topological polar surface area (TPSA) is 86.8 Å². The lowest BCUT2D eigenvalue weighted by molar-refractivity contribution is -0.141. The van der Waals surface area contributed by atoms with Crippen LogP contribution in [0, 0.1) is 13.8 Å². The van der Waals surface area contributed by atoms with Crippen molar-refractivity contribution >= 4 is 50.7 Å². The normalized spacial score (nSPS) is 13.1. The Labute approximate surface area is 237 Å². The fraction of sp³-hybridized carbons (Fsp3) is 0.500. The number of carbonyl (C=O) groups is 2. The van der Waals surface area contributed by atoms with Gasteiger partial charge in [0, 0.05) is 41.2 Å². The number of nitrogens with zero attached hydrogens (tertiary/aromatic N) is 2. The molecule has 2 atom stereocenters. The lowest BCUT2D eigenvalue weighted by Crippen LogP contribution is -2.50. The molecule has 0 saturated carbocycles. The van der Waals surface area contributed by atoms with E-state index in [0.717, 1.165) is 23.8 Å². The number of carbonyl (C=O) groups excluding carboxylic acids is 2. The van der Waals surface area contributed by atoms with E-state index in [1.54, 1.807) is 24.3 Å². The van der Waals surface area contributed by atoms with E-state index in [4.69, 9.17) is 23.2 Å². The molecule has 2 aromatic rings. The minimum atomic E-state index is -3.58. The smallest absolute Gasteiger partial charge is 0.243 e. The van der Waals surface area contributed by atoms with Gasteiger partial charge in [0.25, 0.3) is 0 Å². The van der Waals surface area contributed by atoms with Crippen molar-refractivity contribution < 1.29 is 18.0 Å². The molecule has 10 heteroatoms. The third kappa shape index (κ3) is 8.35. The number of nitrogens with one attached hydrogen (secondary N) is 1. The van der Waals surface area contributed by atoms with Gasteiger partial charge in [-0.25, -0.2) is 8.42 Å². The van der Waals surface area contributed by atoms with Crippen LogP contribution in [0.4, 0.5) is 5.69 Å². The quantitative estimate of drug-likeness (QED) is 0.319. The molecule has 0 spiro atoms. The summed E-state index contributed by atoms with van der Waals surface area (Å²) in [6.07, 6.45) is 2.64. The van der Waals surface area contributed by atoms with Crippen molar-refractivity contribution in [1.82, 2.24) is 10.2 Å². The number of benzene rings is 2. The summed E-state index contributed by atoms with van der Waals surface area (Å²) in [5, 5.41) is 3.79. The van der Waals surface area contributed by atoms with Crippen molar-refractivity contribution in [2.75, 3.05) is 17.1 Å². The average molecular weight is 585 g/mol. The first-order chi connectivity index (χ1) is 17.8. The molecule has 0 heterocycles. The number of amides is 2. The number of hydrogen-bond acceptors (Lipinski definition) is 4. The van der Waals surface area contributed by atoms with E-state index in [9.17, 15) is 18.0 Å². The van der Waals surface area contributed by atoms with Crippen molar-refractivity contribution in [1.29, 1.82) is 0 Å². The third-order valence-electron chi connectivity index (χ3n) is 6.77. The minimum absolute atomic E-state index is 0.0432. The molecule has 0 bridgehead atoms. The molecule has 0 aromatic heterocycles. The van der Waals surface area contributed by atoms with Gasteiger partial charge in [-0.05, 0) is 69.4 Å². The zero-order chi connectivity index (χ0) is 28.6. The molecule has 210 valence electrons. The van der Waals surface area contributed by atoms with E-state index in [2.05, 4.69) is 5.32 Å². The van der Waals surface area contributed by atoms with E-state index in [1.165, 1.54) is 9.21 Å². The second-order valence-corrected chi connectivity index (χ2v) is 12.3. The van der Waals surface area contributed by atoms with Crippen molar-refractivity contribution in [3.8, 4) is 0 Å². The zero-order valence-electron chi connectivity index (χ0n) is 23.1. The highest BCUT2D eigenvalue weighted by Gasteiger charge is 2.30. The van der Waals surface area contributed by atoms with Crippen LogP contribution in [0.5, 0.6) is 0 Å². The van der Waals surface area contributed by atoms with Gasteiger partial charge in [-0.15, -0.1) is 0 Å².